The molecule has 174 valence electrons. The molecule has 0 bridgehead atoms. The van der Waals surface area contributed by atoms with E-state index in [1.807, 2.05) is 31.7 Å². The molecular formula is C21H35N5O5. The second-order valence-electron chi connectivity index (χ2n) is 8.29. The Morgan fingerprint density at radius 3 is 2.77 bits per heavy atom. The van der Waals surface area contributed by atoms with Gasteiger partial charge in [-0.2, -0.15) is 5.10 Å². The molecule has 1 aliphatic heterocycles. The highest BCUT2D eigenvalue weighted by Gasteiger charge is 2.40. The van der Waals surface area contributed by atoms with Gasteiger partial charge in [0.2, 0.25) is 5.88 Å². The molecule has 0 radical (unpaired) electrons. The topological polar surface area (TPSA) is 107 Å². The van der Waals surface area contributed by atoms with Gasteiger partial charge in [-0.1, -0.05) is 0 Å². The molecule has 1 aliphatic carbocycles. The van der Waals surface area contributed by atoms with Crippen LogP contribution in [0.25, 0.3) is 0 Å². The third-order valence-corrected chi connectivity index (χ3v) is 5.36. The van der Waals surface area contributed by atoms with Gasteiger partial charge in [-0.25, -0.2) is 9.48 Å². The van der Waals surface area contributed by atoms with Gasteiger partial charge in [0.1, 0.15) is 6.10 Å². The summed E-state index contributed by atoms with van der Waals surface area (Å²) in [7, 11) is 1.34. The predicted octanol–water partition coefficient (Wildman–Crippen LogP) is 1.46. The molecule has 2 atom stereocenters. The first-order chi connectivity index (χ1) is 14.9. The van der Waals surface area contributed by atoms with Crippen LogP contribution in [-0.4, -0.2) is 78.3 Å². The zero-order valence-electron chi connectivity index (χ0n) is 18.9. The Labute approximate surface area is 183 Å². The van der Waals surface area contributed by atoms with Gasteiger partial charge in [0.05, 0.1) is 31.6 Å². The molecule has 2 amide bonds. The Morgan fingerprint density at radius 1 is 1.39 bits per heavy atom. The highest BCUT2D eigenvalue weighted by atomic mass is 16.5. The van der Waals surface area contributed by atoms with Gasteiger partial charge >= 0.3 is 6.09 Å². The minimum Gasteiger partial charge on any atom is -0.475 e. The number of hydrogen-bond donors (Lipinski definition) is 2. The van der Waals surface area contributed by atoms with Gasteiger partial charge in [0.25, 0.3) is 5.91 Å². The van der Waals surface area contributed by atoms with Gasteiger partial charge in [-0.05, 0) is 40.0 Å². The molecule has 3 rings (SSSR count). The summed E-state index contributed by atoms with van der Waals surface area (Å²) in [6, 6.07) is 1.97. The van der Waals surface area contributed by atoms with Crippen molar-refractivity contribution < 1.29 is 23.8 Å². The van der Waals surface area contributed by atoms with Gasteiger partial charge in [-0.3, -0.25) is 4.79 Å². The summed E-state index contributed by atoms with van der Waals surface area (Å²) in [6.07, 6.45) is 1.78. The molecule has 1 aromatic rings. The number of ether oxygens (including phenoxy) is 3. The van der Waals surface area contributed by atoms with Crippen molar-refractivity contribution in [1.29, 1.82) is 0 Å². The van der Waals surface area contributed by atoms with Crippen LogP contribution in [0.3, 0.4) is 0 Å². The van der Waals surface area contributed by atoms with E-state index >= 15 is 0 Å². The van der Waals surface area contributed by atoms with Crippen molar-refractivity contribution in [2.75, 3.05) is 33.4 Å². The number of amides is 2. The number of aryl methyl sites for hydroxylation is 1. The molecule has 1 saturated carbocycles. The number of nitrogens with one attached hydrogen (secondary N) is 2. The van der Waals surface area contributed by atoms with Crippen molar-refractivity contribution in [2.45, 2.75) is 70.9 Å². The van der Waals surface area contributed by atoms with Crippen molar-refractivity contribution in [2.24, 2.45) is 0 Å². The first-order valence-electron chi connectivity index (χ1n) is 11.1. The molecule has 10 nitrogen and oxygen atoms in total. The fourth-order valence-corrected chi connectivity index (χ4v) is 3.68. The quantitative estimate of drug-likeness (QED) is 0.534. The molecule has 10 heteroatoms. The zero-order chi connectivity index (χ0) is 22.4. The molecule has 2 heterocycles. The van der Waals surface area contributed by atoms with Crippen molar-refractivity contribution in [3.63, 3.8) is 0 Å². The molecule has 1 saturated heterocycles. The lowest BCUT2D eigenvalue weighted by atomic mass is 10.1. The second kappa shape index (κ2) is 10.8. The Bertz CT molecular complexity index is 743. The maximum Gasteiger partial charge on any atom is 0.406 e. The van der Waals surface area contributed by atoms with E-state index in [-0.39, 0.29) is 24.1 Å². The summed E-state index contributed by atoms with van der Waals surface area (Å²) in [6.45, 7) is 8.84. The van der Waals surface area contributed by atoms with Crippen LogP contribution in [0, 0.1) is 0 Å². The standard InChI is InChI=1S/C21H35N5O5/c1-14(2)31-19-12-17(24-25(19)10-5-8-23-21(28)29-4)15(3)26(16-6-7-16)20(27)18-13-22-9-11-30-18/h12,14-16,18,22H,5-11,13H2,1-4H3,(H,23,28)/t15-,18+/m0/s1. The van der Waals surface area contributed by atoms with Gasteiger partial charge in [-0.15, -0.1) is 0 Å². The minimum absolute atomic E-state index is 0.00493. The number of hydrogen-bond acceptors (Lipinski definition) is 7. The molecule has 2 fully saturated rings. The number of nitrogens with zero attached hydrogens (tertiary/aromatic N) is 3. The second-order valence-corrected chi connectivity index (χ2v) is 8.29. The monoisotopic (exact) mass is 437 g/mol. The largest absolute Gasteiger partial charge is 0.475 e. The number of morpholine rings is 1. The Hall–Kier alpha value is -2.33. The summed E-state index contributed by atoms with van der Waals surface area (Å²) in [5, 5.41) is 10.7. The maximum atomic E-state index is 13.2. The smallest absolute Gasteiger partial charge is 0.406 e. The molecular weight excluding hydrogens is 402 g/mol. The number of aromatic nitrogens is 2. The van der Waals surface area contributed by atoms with Crippen LogP contribution < -0.4 is 15.4 Å². The third kappa shape index (κ3) is 6.33. The van der Waals surface area contributed by atoms with Crippen LogP contribution in [0.2, 0.25) is 0 Å². The maximum absolute atomic E-state index is 13.2. The van der Waals surface area contributed by atoms with Crippen molar-refractivity contribution in [3.8, 4) is 5.88 Å². The van der Waals surface area contributed by atoms with Gasteiger partial charge in [0.15, 0.2) is 0 Å². The molecule has 0 unspecified atom stereocenters. The predicted molar refractivity (Wildman–Crippen MR) is 114 cm³/mol. The Kier molecular flexibility index (Phi) is 8.14. The van der Waals surface area contributed by atoms with E-state index in [2.05, 4.69) is 15.4 Å². The summed E-state index contributed by atoms with van der Waals surface area (Å²) < 4.78 is 18.1. The summed E-state index contributed by atoms with van der Waals surface area (Å²) in [5.41, 5.74) is 0.792. The van der Waals surface area contributed by atoms with Crippen LogP contribution >= 0.6 is 0 Å². The number of alkyl carbamates (subject to hydrolysis) is 1. The molecule has 0 spiro atoms. The average molecular weight is 438 g/mol. The van der Waals surface area contributed by atoms with Gasteiger partial charge in [0, 0.05) is 38.3 Å². The summed E-state index contributed by atoms with van der Waals surface area (Å²) >= 11 is 0. The normalized spacial score (nSPS) is 19.7. The first-order valence-corrected chi connectivity index (χ1v) is 11.1. The highest BCUT2D eigenvalue weighted by molar-refractivity contribution is 5.82. The van der Waals surface area contributed by atoms with E-state index in [1.54, 1.807) is 4.68 Å². The minimum atomic E-state index is -0.452. The van der Waals surface area contributed by atoms with E-state index in [9.17, 15) is 9.59 Å². The average Bonchev–Trinajstić information content (AvgIpc) is 3.52. The van der Waals surface area contributed by atoms with Crippen LogP contribution in [0.4, 0.5) is 4.79 Å². The van der Waals surface area contributed by atoms with Crippen molar-refractivity contribution in [1.82, 2.24) is 25.3 Å². The first kappa shape index (κ1) is 23.3. The molecule has 31 heavy (non-hydrogen) atoms. The van der Waals surface area contributed by atoms with Crippen molar-refractivity contribution in [3.05, 3.63) is 11.8 Å². The molecule has 0 aromatic carbocycles. The van der Waals surface area contributed by atoms with Crippen LogP contribution in [0.5, 0.6) is 5.88 Å². The fourth-order valence-electron chi connectivity index (χ4n) is 3.68. The van der Waals surface area contributed by atoms with Crippen LogP contribution in [0.15, 0.2) is 6.07 Å². The summed E-state index contributed by atoms with van der Waals surface area (Å²) in [5.74, 6) is 0.680. The molecule has 2 N–H and O–H groups in total. The fraction of sp³-hybridized carbons (Fsp3) is 0.762. The van der Waals surface area contributed by atoms with E-state index < -0.39 is 12.2 Å². The zero-order valence-corrected chi connectivity index (χ0v) is 18.9. The number of rotatable bonds is 10. The van der Waals surface area contributed by atoms with Gasteiger partial charge < -0.3 is 29.7 Å². The Morgan fingerprint density at radius 2 is 2.16 bits per heavy atom. The Balaban J connectivity index is 1.72. The lowest BCUT2D eigenvalue weighted by Crippen LogP contribution is -2.50. The number of carbonyl (C=O) groups excluding carboxylic acids is 2. The lowest BCUT2D eigenvalue weighted by Gasteiger charge is -2.33. The van der Waals surface area contributed by atoms with E-state index in [4.69, 9.17) is 14.6 Å². The number of carbonyl (C=O) groups is 2. The van der Waals surface area contributed by atoms with Crippen LogP contribution in [0.1, 0.15) is 51.8 Å². The highest BCUT2D eigenvalue weighted by Crippen LogP contribution is 2.36. The van der Waals surface area contributed by atoms with E-state index in [0.717, 1.165) is 25.1 Å². The summed E-state index contributed by atoms with van der Waals surface area (Å²) in [4.78, 5) is 26.4. The number of methoxy groups -OCH3 is 1. The van der Waals surface area contributed by atoms with E-state index in [1.165, 1.54) is 7.11 Å². The molecule has 2 aliphatic rings. The SMILES string of the molecule is COC(=O)NCCCn1nc([C@H](C)N(C(=O)[C@H]2CNCCO2)C2CC2)cc1OC(C)C. The third-order valence-electron chi connectivity index (χ3n) is 5.36. The van der Waals surface area contributed by atoms with E-state index in [0.29, 0.717) is 38.5 Å². The van der Waals surface area contributed by atoms with Crippen molar-refractivity contribution >= 4 is 12.0 Å². The van der Waals surface area contributed by atoms with Crippen LogP contribution in [-0.2, 0) is 20.8 Å². The lowest BCUT2D eigenvalue weighted by molar-refractivity contribution is -0.148. The molecule has 1 aromatic heterocycles.